The quantitative estimate of drug-likeness (QED) is 0.681. The van der Waals surface area contributed by atoms with Gasteiger partial charge in [0.1, 0.15) is 5.83 Å². The first-order chi connectivity index (χ1) is 8.21. The third-order valence-corrected chi connectivity index (χ3v) is 2.83. The molecule has 1 N–H and O–H groups in total. The van der Waals surface area contributed by atoms with Gasteiger partial charge in [0.15, 0.2) is 0 Å². The van der Waals surface area contributed by atoms with Crippen molar-refractivity contribution in [3.63, 3.8) is 0 Å². The fourth-order valence-electron chi connectivity index (χ4n) is 0.985. The lowest BCUT2D eigenvalue weighted by atomic mass is 10.3. The van der Waals surface area contributed by atoms with E-state index in [1.54, 1.807) is 0 Å². The highest BCUT2D eigenvalue weighted by Crippen LogP contribution is 2.26. The molecule has 1 aromatic heterocycles. The molecular weight excluding hydrogens is 274 g/mol. The highest BCUT2D eigenvalue weighted by molar-refractivity contribution is 7.16. The van der Waals surface area contributed by atoms with Crippen LogP contribution in [0.3, 0.4) is 0 Å². The Morgan fingerprint density at radius 2 is 1.83 bits per heavy atom. The highest BCUT2D eigenvalue weighted by Gasteiger charge is 2.40. The summed E-state index contributed by atoms with van der Waals surface area (Å²) in [5.74, 6) is -3.56. The Balaban J connectivity index is 2.78. The molecule has 0 unspecified atom stereocenters. The Hall–Kier alpha value is -1.70. The average molecular weight is 281 g/mol. The molecule has 98 valence electrons. The molecule has 0 spiro atoms. The standard InChI is InChI=1S/C10H7F4NO2S/c1-5(11)4-15-9(17)7-3-2-6(18-7)8(16)10(12,13)14/h2-3H,1,4H2,(H,15,17). The van der Waals surface area contributed by atoms with E-state index >= 15 is 0 Å². The predicted molar refractivity (Wildman–Crippen MR) is 57.3 cm³/mol. The van der Waals surface area contributed by atoms with Crippen molar-refractivity contribution in [3.8, 4) is 0 Å². The van der Waals surface area contributed by atoms with Gasteiger partial charge in [0.25, 0.3) is 11.7 Å². The van der Waals surface area contributed by atoms with Crippen molar-refractivity contribution in [1.29, 1.82) is 0 Å². The third-order valence-electron chi connectivity index (χ3n) is 1.75. The minimum absolute atomic E-state index is 0.108. The number of nitrogens with one attached hydrogen (secondary N) is 1. The first-order valence-corrected chi connectivity index (χ1v) is 5.36. The number of Topliss-reactive ketones (excluding diaryl/α,β-unsaturated/α-hetero) is 1. The van der Waals surface area contributed by atoms with Crippen LogP contribution in [0.15, 0.2) is 24.5 Å². The van der Waals surface area contributed by atoms with Crippen LogP contribution in [-0.2, 0) is 0 Å². The lowest BCUT2D eigenvalue weighted by Gasteiger charge is -2.02. The van der Waals surface area contributed by atoms with Crippen LogP contribution in [0.2, 0.25) is 0 Å². The van der Waals surface area contributed by atoms with E-state index in [0.29, 0.717) is 11.3 Å². The van der Waals surface area contributed by atoms with E-state index in [-0.39, 0.29) is 4.88 Å². The lowest BCUT2D eigenvalue weighted by Crippen LogP contribution is -2.23. The third kappa shape index (κ3) is 3.66. The van der Waals surface area contributed by atoms with E-state index in [1.807, 2.05) is 0 Å². The molecular formula is C10H7F4NO2S. The van der Waals surface area contributed by atoms with Crippen LogP contribution in [0.1, 0.15) is 19.3 Å². The summed E-state index contributed by atoms with van der Waals surface area (Å²) < 4.78 is 48.5. The number of carbonyl (C=O) groups is 2. The molecule has 18 heavy (non-hydrogen) atoms. The van der Waals surface area contributed by atoms with Crippen LogP contribution in [0.5, 0.6) is 0 Å². The molecule has 1 rings (SSSR count). The zero-order valence-electron chi connectivity index (χ0n) is 8.81. The van der Waals surface area contributed by atoms with Crippen molar-refractivity contribution in [1.82, 2.24) is 5.32 Å². The summed E-state index contributed by atoms with van der Waals surface area (Å²) >= 11 is 0.394. The number of amides is 1. The van der Waals surface area contributed by atoms with Crippen LogP contribution in [-0.4, -0.2) is 24.4 Å². The van der Waals surface area contributed by atoms with E-state index in [4.69, 9.17) is 0 Å². The number of hydrogen-bond donors (Lipinski definition) is 1. The molecule has 0 saturated heterocycles. The van der Waals surface area contributed by atoms with Crippen molar-refractivity contribution in [3.05, 3.63) is 34.3 Å². The number of alkyl halides is 3. The number of halogens is 4. The minimum Gasteiger partial charge on any atom is -0.345 e. The number of rotatable bonds is 4. The normalized spacial score (nSPS) is 11.1. The maximum absolute atomic E-state index is 12.3. The van der Waals surface area contributed by atoms with Gasteiger partial charge < -0.3 is 5.32 Å². The summed E-state index contributed by atoms with van der Waals surface area (Å²) in [4.78, 5) is 21.5. The van der Waals surface area contributed by atoms with Crippen LogP contribution >= 0.6 is 11.3 Å². The maximum atomic E-state index is 12.3. The predicted octanol–water partition coefficient (Wildman–Crippen LogP) is 2.71. The Bertz CT molecular complexity index is 492. The second-order valence-electron chi connectivity index (χ2n) is 3.19. The SMILES string of the molecule is C=C(F)CNC(=O)c1ccc(C(=O)C(F)(F)F)s1. The Labute approximate surface area is 103 Å². The molecule has 0 aliphatic heterocycles. The van der Waals surface area contributed by atoms with Gasteiger partial charge >= 0.3 is 6.18 Å². The average Bonchev–Trinajstić information content (AvgIpc) is 2.72. The van der Waals surface area contributed by atoms with Crippen molar-refractivity contribution in [2.45, 2.75) is 6.18 Å². The van der Waals surface area contributed by atoms with Crippen LogP contribution < -0.4 is 5.32 Å². The zero-order chi connectivity index (χ0) is 13.9. The summed E-state index contributed by atoms with van der Waals surface area (Å²) in [7, 11) is 0. The Morgan fingerprint density at radius 3 is 2.33 bits per heavy atom. The van der Waals surface area contributed by atoms with Gasteiger partial charge in [0.05, 0.1) is 16.3 Å². The maximum Gasteiger partial charge on any atom is 0.455 e. The van der Waals surface area contributed by atoms with Gasteiger partial charge in [0.2, 0.25) is 0 Å². The van der Waals surface area contributed by atoms with Gasteiger partial charge in [-0.15, -0.1) is 11.3 Å². The molecule has 1 heterocycles. The lowest BCUT2D eigenvalue weighted by molar-refractivity contribution is -0.0882. The molecule has 0 bridgehead atoms. The van der Waals surface area contributed by atoms with E-state index in [9.17, 15) is 27.2 Å². The summed E-state index contributed by atoms with van der Waals surface area (Å²) in [5, 5.41) is 2.09. The van der Waals surface area contributed by atoms with E-state index in [1.165, 1.54) is 0 Å². The van der Waals surface area contributed by atoms with E-state index < -0.39 is 35.1 Å². The molecule has 1 aromatic rings. The van der Waals surface area contributed by atoms with Gasteiger partial charge in [-0.25, -0.2) is 4.39 Å². The molecule has 0 fully saturated rings. The first-order valence-electron chi connectivity index (χ1n) is 4.54. The van der Waals surface area contributed by atoms with Gasteiger partial charge in [-0.05, 0) is 12.1 Å². The van der Waals surface area contributed by atoms with Gasteiger partial charge in [-0.3, -0.25) is 9.59 Å². The topological polar surface area (TPSA) is 46.2 Å². The molecule has 0 atom stereocenters. The zero-order valence-corrected chi connectivity index (χ0v) is 9.62. The summed E-state index contributed by atoms with van der Waals surface area (Å²) in [6, 6.07) is 1.97. The van der Waals surface area contributed by atoms with Crippen molar-refractivity contribution < 1.29 is 27.2 Å². The molecule has 0 saturated carbocycles. The minimum atomic E-state index is -4.98. The molecule has 3 nitrogen and oxygen atoms in total. The largest absolute Gasteiger partial charge is 0.455 e. The van der Waals surface area contributed by atoms with Crippen molar-refractivity contribution in [2.24, 2.45) is 0 Å². The van der Waals surface area contributed by atoms with Crippen LogP contribution in [0.4, 0.5) is 17.6 Å². The fraction of sp³-hybridized carbons (Fsp3) is 0.200. The molecule has 0 aliphatic carbocycles. The molecule has 0 radical (unpaired) electrons. The van der Waals surface area contributed by atoms with E-state index in [0.717, 1.165) is 12.1 Å². The Morgan fingerprint density at radius 1 is 1.28 bits per heavy atom. The van der Waals surface area contributed by atoms with Crippen molar-refractivity contribution in [2.75, 3.05) is 6.54 Å². The highest BCUT2D eigenvalue weighted by atomic mass is 32.1. The summed E-state index contributed by atoms with van der Waals surface area (Å²) in [6.07, 6.45) is -4.98. The smallest absolute Gasteiger partial charge is 0.345 e. The van der Waals surface area contributed by atoms with E-state index in [2.05, 4.69) is 11.9 Å². The molecule has 8 heteroatoms. The van der Waals surface area contributed by atoms with Crippen LogP contribution in [0, 0.1) is 0 Å². The number of thiophene rings is 1. The first kappa shape index (κ1) is 14.4. The number of ketones is 1. The second-order valence-corrected chi connectivity index (χ2v) is 4.27. The van der Waals surface area contributed by atoms with Crippen LogP contribution in [0.25, 0.3) is 0 Å². The second kappa shape index (κ2) is 5.30. The molecule has 0 aliphatic rings. The van der Waals surface area contributed by atoms with Crippen molar-refractivity contribution >= 4 is 23.0 Å². The van der Waals surface area contributed by atoms with Gasteiger partial charge in [-0.2, -0.15) is 13.2 Å². The fourth-order valence-corrected chi connectivity index (χ4v) is 1.87. The number of hydrogen-bond acceptors (Lipinski definition) is 3. The molecule has 0 aromatic carbocycles. The van der Waals surface area contributed by atoms with Gasteiger partial charge in [0, 0.05) is 0 Å². The monoisotopic (exact) mass is 281 g/mol. The summed E-state index contributed by atoms with van der Waals surface area (Å²) in [5.41, 5.74) is 0. The summed E-state index contributed by atoms with van der Waals surface area (Å²) in [6.45, 7) is 2.47. The number of carbonyl (C=O) groups excluding carboxylic acids is 2. The Kier molecular flexibility index (Phi) is 4.23. The molecule has 1 amide bonds. The van der Waals surface area contributed by atoms with Gasteiger partial charge in [-0.1, -0.05) is 6.58 Å².